The van der Waals surface area contributed by atoms with Crippen LogP contribution in [-0.2, 0) is 0 Å². The van der Waals surface area contributed by atoms with E-state index in [1.165, 1.54) is 7.11 Å². The summed E-state index contributed by atoms with van der Waals surface area (Å²) >= 11 is 8.07. The third-order valence-corrected chi connectivity index (χ3v) is 3.68. The number of nitrogens with one attached hydrogen (secondary N) is 1. The van der Waals surface area contributed by atoms with E-state index in [1.54, 1.807) is 12.1 Å². The highest BCUT2D eigenvalue weighted by Gasteiger charge is 2.14. The first kappa shape index (κ1) is 14.5. The number of carbonyl (C=O) groups excluding carboxylic acids is 1. The van der Waals surface area contributed by atoms with Gasteiger partial charge in [0, 0.05) is 10.1 Å². The van der Waals surface area contributed by atoms with Crippen molar-refractivity contribution < 1.29 is 9.53 Å². The van der Waals surface area contributed by atoms with Gasteiger partial charge in [-0.2, -0.15) is 0 Å². The normalized spacial score (nSPS) is 10.1. The molecule has 0 bridgehead atoms. The molecule has 0 atom stereocenters. The van der Waals surface area contributed by atoms with Crippen molar-refractivity contribution in [3.8, 4) is 5.75 Å². The van der Waals surface area contributed by atoms with Crippen molar-refractivity contribution in [3.63, 3.8) is 0 Å². The summed E-state index contributed by atoms with van der Waals surface area (Å²) in [7, 11) is 1.52. The molecule has 0 spiro atoms. The van der Waals surface area contributed by atoms with Crippen LogP contribution in [0.1, 0.15) is 16.8 Å². The molecule has 0 aromatic heterocycles. The van der Waals surface area contributed by atoms with Crippen LogP contribution in [0.25, 0.3) is 0 Å². The van der Waals surface area contributed by atoms with Crippen molar-refractivity contribution >= 4 is 40.1 Å². The number of methoxy groups -OCH3 is 1. The molecule has 1 rings (SSSR count). The molecule has 17 heavy (non-hydrogen) atoms. The molecular weight excluding hydrogens is 354 g/mol. The zero-order valence-electron chi connectivity index (χ0n) is 9.43. The fraction of sp³-hybridized carbons (Fsp3) is 0.364. The molecule has 0 aliphatic heterocycles. The Balaban J connectivity index is 2.88. The summed E-state index contributed by atoms with van der Waals surface area (Å²) < 4.78 is 6.01. The van der Waals surface area contributed by atoms with Gasteiger partial charge in [-0.15, -0.1) is 0 Å². The molecule has 0 fully saturated rings. The minimum absolute atomic E-state index is 0.200. The quantitative estimate of drug-likeness (QED) is 0.617. The van der Waals surface area contributed by atoms with Gasteiger partial charge in [0.1, 0.15) is 5.75 Å². The number of hydrogen-bond acceptors (Lipinski definition) is 3. The topological polar surface area (TPSA) is 64.3 Å². The van der Waals surface area contributed by atoms with Gasteiger partial charge in [-0.1, -0.05) is 11.6 Å². The molecule has 0 radical (unpaired) electrons. The van der Waals surface area contributed by atoms with Crippen molar-refractivity contribution in [2.75, 3.05) is 20.2 Å². The molecule has 1 aromatic carbocycles. The van der Waals surface area contributed by atoms with Crippen molar-refractivity contribution in [1.29, 1.82) is 0 Å². The van der Waals surface area contributed by atoms with Gasteiger partial charge in [-0.3, -0.25) is 4.79 Å². The third kappa shape index (κ3) is 4.01. The summed E-state index contributed by atoms with van der Waals surface area (Å²) in [6.07, 6.45) is 0.742. The maximum absolute atomic E-state index is 11.9. The zero-order chi connectivity index (χ0) is 12.8. The van der Waals surface area contributed by atoms with E-state index in [0.29, 0.717) is 29.4 Å². The standard InChI is InChI=1S/C11H14ClIN2O2/c1-17-10-6-9(13)8(12)5-7(10)11(16)15-4-2-3-14/h5-6H,2-4,14H2,1H3,(H,15,16). The highest BCUT2D eigenvalue weighted by molar-refractivity contribution is 14.1. The Morgan fingerprint density at radius 3 is 2.88 bits per heavy atom. The van der Waals surface area contributed by atoms with Crippen molar-refractivity contribution in [2.24, 2.45) is 5.73 Å². The van der Waals surface area contributed by atoms with Crippen LogP contribution in [0.5, 0.6) is 5.75 Å². The van der Waals surface area contributed by atoms with Crippen LogP contribution in [0.4, 0.5) is 0 Å². The van der Waals surface area contributed by atoms with E-state index in [4.69, 9.17) is 22.1 Å². The first-order valence-corrected chi connectivity index (χ1v) is 6.57. The fourth-order valence-corrected chi connectivity index (χ4v) is 1.88. The number of halogens is 2. The summed E-state index contributed by atoms with van der Waals surface area (Å²) in [4.78, 5) is 11.9. The lowest BCUT2D eigenvalue weighted by molar-refractivity contribution is 0.0950. The largest absolute Gasteiger partial charge is 0.496 e. The predicted molar refractivity (Wildman–Crippen MR) is 76.7 cm³/mol. The van der Waals surface area contributed by atoms with Gasteiger partial charge in [0.05, 0.1) is 17.7 Å². The smallest absolute Gasteiger partial charge is 0.255 e. The molecule has 3 N–H and O–H groups in total. The highest BCUT2D eigenvalue weighted by atomic mass is 127. The van der Waals surface area contributed by atoms with Gasteiger partial charge in [-0.05, 0) is 47.7 Å². The molecule has 0 aliphatic carbocycles. The molecular formula is C11H14ClIN2O2. The van der Waals surface area contributed by atoms with Crippen LogP contribution in [0.2, 0.25) is 5.02 Å². The molecule has 6 heteroatoms. The van der Waals surface area contributed by atoms with Crippen LogP contribution in [0, 0.1) is 3.57 Å². The van der Waals surface area contributed by atoms with Gasteiger partial charge in [0.15, 0.2) is 0 Å². The number of rotatable bonds is 5. The van der Waals surface area contributed by atoms with E-state index >= 15 is 0 Å². The minimum Gasteiger partial charge on any atom is -0.496 e. The van der Waals surface area contributed by atoms with E-state index in [2.05, 4.69) is 27.9 Å². The number of hydrogen-bond donors (Lipinski definition) is 2. The molecule has 0 unspecified atom stereocenters. The number of benzene rings is 1. The molecule has 1 aromatic rings. The van der Waals surface area contributed by atoms with E-state index in [-0.39, 0.29) is 5.91 Å². The van der Waals surface area contributed by atoms with Gasteiger partial charge in [0.2, 0.25) is 0 Å². The number of amides is 1. The molecule has 4 nitrogen and oxygen atoms in total. The SMILES string of the molecule is COc1cc(I)c(Cl)cc1C(=O)NCCCN. The minimum atomic E-state index is -0.200. The molecule has 0 saturated carbocycles. The molecule has 1 amide bonds. The molecule has 0 aliphatic rings. The number of ether oxygens (including phenoxy) is 1. The van der Waals surface area contributed by atoms with Gasteiger partial charge >= 0.3 is 0 Å². The molecule has 0 heterocycles. The van der Waals surface area contributed by atoms with Crippen LogP contribution in [-0.4, -0.2) is 26.1 Å². The van der Waals surface area contributed by atoms with Crippen molar-refractivity contribution in [3.05, 3.63) is 26.3 Å². The van der Waals surface area contributed by atoms with Crippen LogP contribution in [0.3, 0.4) is 0 Å². The number of nitrogens with two attached hydrogens (primary N) is 1. The van der Waals surface area contributed by atoms with Gasteiger partial charge in [0.25, 0.3) is 5.91 Å². The average Bonchev–Trinajstić information content (AvgIpc) is 2.32. The van der Waals surface area contributed by atoms with E-state index in [0.717, 1.165) is 9.99 Å². The number of carbonyl (C=O) groups is 1. The van der Waals surface area contributed by atoms with Gasteiger partial charge in [-0.25, -0.2) is 0 Å². The summed E-state index contributed by atoms with van der Waals surface area (Å²) in [6.45, 7) is 1.09. The fourth-order valence-electron chi connectivity index (χ4n) is 1.27. The Hall–Kier alpha value is -0.530. The van der Waals surface area contributed by atoms with E-state index in [1.807, 2.05) is 0 Å². The van der Waals surface area contributed by atoms with Gasteiger partial charge < -0.3 is 15.8 Å². The van der Waals surface area contributed by atoms with Crippen LogP contribution < -0.4 is 15.8 Å². The second-order valence-corrected chi connectivity index (χ2v) is 4.93. The van der Waals surface area contributed by atoms with Crippen LogP contribution in [0.15, 0.2) is 12.1 Å². The first-order chi connectivity index (χ1) is 8.10. The lowest BCUT2D eigenvalue weighted by Gasteiger charge is -2.10. The van der Waals surface area contributed by atoms with Crippen molar-refractivity contribution in [1.82, 2.24) is 5.32 Å². The predicted octanol–water partition coefficient (Wildman–Crippen LogP) is 2.03. The summed E-state index contributed by atoms with van der Waals surface area (Å²) in [5, 5.41) is 3.30. The Kier molecular flexibility index (Phi) is 6.01. The van der Waals surface area contributed by atoms with Crippen LogP contribution >= 0.6 is 34.2 Å². The maximum atomic E-state index is 11.9. The maximum Gasteiger partial charge on any atom is 0.255 e. The zero-order valence-corrected chi connectivity index (χ0v) is 12.3. The Morgan fingerprint density at radius 1 is 1.59 bits per heavy atom. The highest BCUT2D eigenvalue weighted by Crippen LogP contribution is 2.28. The van der Waals surface area contributed by atoms with Crippen molar-refractivity contribution in [2.45, 2.75) is 6.42 Å². The summed E-state index contributed by atoms with van der Waals surface area (Å²) in [6, 6.07) is 3.35. The van der Waals surface area contributed by atoms with E-state index < -0.39 is 0 Å². The monoisotopic (exact) mass is 368 g/mol. The molecule has 0 saturated heterocycles. The van der Waals surface area contributed by atoms with E-state index in [9.17, 15) is 4.79 Å². The lowest BCUT2D eigenvalue weighted by atomic mass is 10.2. The summed E-state index contributed by atoms with van der Waals surface area (Å²) in [5.74, 6) is 0.317. The lowest BCUT2D eigenvalue weighted by Crippen LogP contribution is -2.26. The third-order valence-electron chi connectivity index (χ3n) is 2.15. The second-order valence-electron chi connectivity index (χ2n) is 3.36. The Labute approximate surface area is 119 Å². The Bertz CT molecular complexity index is 413. The Morgan fingerprint density at radius 2 is 2.29 bits per heavy atom. The second kappa shape index (κ2) is 7.03. The molecule has 94 valence electrons. The average molecular weight is 369 g/mol. The first-order valence-electron chi connectivity index (χ1n) is 5.11. The summed E-state index contributed by atoms with van der Waals surface area (Å²) in [5.41, 5.74) is 5.80.